The summed E-state index contributed by atoms with van der Waals surface area (Å²) in [7, 11) is 0. The van der Waals surface area contributed by atoms with Crippen LogP contribution in [0.25, 0.3) is 16.8 Å². The molecule has 1 N–H and O–H groups in total. The molecule has 0 saturated heterocycles. The van der Waals surface area contributed by atoms with Crippen molar-refractivity contribution >= 4 is 5.65 Å². The van der Waals surface area contributed by atoms with E-state index >= 15 is 0 Å². The number of H-pyrrole nitrogens is 1. The van der Waals surface area contributed by atoms with Crippen LogP contribution in [0.1, 0.15) is 18.5 Å². The summed E-state index contributed by atoms with van der Waals surface area (Å²) in [6, 6.07) is 0.595. The summed E-state index contributed by atoms with van der Waals surface area (Å²) in [5, 5.41) is 3.83. The van der Waals surface area contributed by atoms with Gasteiger partial charge in [0.2, 0.25) is 0 Å². The van der Waals surface area contributed by atoms with Crippen molar-refractivity contribution in [1.29, 1.82) is 0 Å². The zero-order valence-electron chi connectivity index (χ0n) is 13.8. The molecule has 0 bridgehead atoms. The van der Waals surface area contributed by atoms with E-state index in [-0.39, 0.29) is 35.3 Å². The largest absolute Gasteiger partial charge is 0.459 e. The fraction of sp³-hybridized carbons (Fsp3) is 0.312. The number of nitrogens with zero attached hydrogens (tertiary/aromatic N) is 3. The van der Waals surface area contributed by atoms with Gasteiger partial charge in [0.15, 0.2) is 35.4 Å². The molecule has 0 aliphatic heterocycles. The molecule has 0 spiro atoms. The van der Waals surface area contributed by atoms with E-state index < -0.39 is 47.9 Å². The fourth-order valence-electron chi connectivity index (χ4n) is 2.76. The molecule has 0 atom stereocenters. The van der Waals surface area contributed by atoms with Gasteiger partial charge in [0.05, 0.1) is 5.56 Å². The minimum atomic E-state index is -2.86. The van der Waals surface area contributed by atoms with E-state index in [4.69, 9.17) is 0 Å². The molecule has 6 nitrogen and oxygen atoms in total. The van der Waals surface area contributed by atoms with Crippen molar-refractivity contribution in [3.05, 3.63) is 45.8 Å². The Bertz CT molecular complexity index is 1120. The second-order valence-corrected chi connectivity index (χ2v) is 6.23. The summed E-state index contributed by atoms with van der Waals surface area (Å²) < 4.78 is 85.5. The molecule has 12 heteroatoms. The monoisotopic (exact) mass is 404 g/mol. The summed E-state index contributed by atoms with van der Waals surface area (Å²) >= 11 is 0. The average Bonchev–Trinajstić information content (AvgIpc) is 3.24. The van der Waals surface area contributed by atoms with Gasteiger partial charge in [0.1, 0.15) is 5.69 Å². The van der Waals surface area contributed by atoms with Crippen molar-refractivity contribution in [2.75, 3.05) is 6.61 Å². The first-order chi connectivity index (χ1) is 13.2. The van der Waals surface area contributed by atoms with Crippen molar-refractivity contribution in [3.63, 3.8) is 0 Å². The first-order valence-corrected chi connectivity index (χ1v) is 7.98. The summed E-state index contributed by atoms with van der Waals surface area (Å²) in [6.45, 7) is -1.08. The van der Waals surface area contributed by atoms with Crippen molar-refractivity contribution in [1.82, 2.24) is 19.6 Å². The Morgan fingerprint density at radius 1 is 1.21 bits per heavy atom. The molecule has 2 aromatic heterocycles. The number of halogens is 6. The maximum Gasteiger partial charge on any atom is 0.352 e. The van der Waals surface area contributed by atoms with Crippen LogP contribution in [0, 0.1) is 17.5 Å². The highest BCUT2D eigenvalue weighted by Crippen LogP contribution is 2.52. The predicted octanol–water partition coefficient (Wildman–Crippen LogP) is 3.10. The Kier molecular flexibility index (Phi) is 4.08. The Balaban J connectivity index is 1.98. The second kappa shape index (κ2) is 6.24. The van der Waals surface area contributed by atoms with E-state index in [0.29, 0.717) is 16.6 Å². The maximum absolute atomic E-state index is 14.8. The predicted molar refractivity (Wildman–Crippen MR) is 82.4 cm³/mol. The smallest absolute Gasteiger partial charge is 0.352 e. The third-order valence-corrected chi connectivity index (χ3v) is 4.21. The molecular weight excluding hydrogens is 394 g/mol. The van der Waals surface area contributed by atoms with Crippen LogP contribution in [-0.4, -0.2) is 32.6 Å². The molecule has 0 unspecified atom stereocenters. The summed E-state index contributed by atoms with van der Waals surface area (Å²) in [5.41, 5.74) is -4.22. The van der Waals surface area contributed by atoms with Gasteiger partial charge in [-0.2, -0.15) is 14.6 Å². The van der Waals surface area contributed by atoms with Crippen molar-refractivity contribution in [2.24, 2.45) is 0 Å². The quantitative estimate of drug-likeness (QED) is 0.524. The molecule has 1 fully saturated rings. The highest BCUT2D eigenvalue weighted by Gasteiger charge is 2.50. The first-order valence-electron chi connectivity index (χ1n) is 7.98. The molecule has 28 heavy (non-hydrogen) atoms. The molecule has 148 valence electrons. The molecule has 4 rings (SSSR count). The van der Waals surface area contributed by atoms with Gasteiger partial charge in [-0.1, -0.05) is 0 Å². The molecule has 2 heterocycles. The number of benzene rings is 1. The van der Waals surface area contributed by atoms with Gasteiger partial charge < -0.3 is 4.74 Å². The van der Waals surface area contributed by atoms with E-state index in [1.54, 1.807) is 0 Å². The first kappa shape index (κ1) is 18.3. The number of ether oxygens (including phenoxy) is 1. The normalized spacial score (nSPS) is 15.4. The van der Waals surface area contributed by atoms with Crippen LogP contribution < -0.4 is 10.4 Å². The standard InChI is InChI=1S/C16H10F6N4O2/c17-7-3-6(4-8(18)11(7)21)10-12(16(22)1-2-16)25-26-13(10)23-14(24-15(26)27)28-5-9(19)20/h3-4,9H,1-2,5H2,(H,23,24,27). The zero-order valence-corrected chi connectivity index (χ0v) is 13.8. The topological polar surface area (TPSA) is 72.3 Å². The van der Waals surface area contributed by atoms with E-state index in [2.05, 4.69) is 14.8 Å². The number of aromatic nitrogens is 4. The Morgan fingerprint density at radius 2 is 1.86 bits per heavy atom. The number of rotatable bonds is 5. The molecule has 3 aromatic rings. The SMILES string of the molecule is O=c1[nH]c(OCC(F)F)nc2c(-c3cc(F)c(F)c(F)c3)c(C3(F)CC3)nn12. The van der Waals surface area contributed by atoms with Crippen LogP contribution >= 0.6 is 0 Å². The Hall–Kier alpha value is -3.05. The van der Waals surface area contributed by atoms with Crippen LogP contribution in [0.5, 0.6) is 6.01 Å². The molecular formula is C16H10F6N4O2. The van der Waals surface area contributed by atoms with Crippen molar-refractivity contribution in [3.8, 4) is 17.1 Å². The van der Waals surface area contributed by atoms with E-state index in [0.717, 1.165) is 0 Å². The van der Waals surface area contributed by atoms with Crippen LogP contribution in [0.3, 0.4) is 0 Å². The molecule has 1 aromatic carbocycles. The van der Waals surface area contributed by atoms with Crippen LogP contribution in [-0.2, 0) is 5.67 Å². The minimum absolute atomic E-state index is 0.0443. The highest BCUT2D eigenvalue weighted by atomic mass is 19.3. The Morgan fingerprint density at radius 3 is 2.43 bits per heavy atom. The number of hydrogen-bond donors (Lipinski definition) is 1. The van der Waals surface area contributed by atoms with Gasteiger partial charge >= 0.3 is 5.69 Å². The summed E-state index contributed by atoms with van der Waals surface area (Å²) in [4.78, 5) is 18.0. The number of hydrogen-bond acceptors (Lipinski definition) is 4. The average molecular weight is 404 g/mol. The summed E-state index contributed by atoms with van der Waals surface area (Å²) in [6.07, 6.45) is -2.77. The van der Waals surface area contributed by atoms with Gasteiger partial charge in [-0.15, -0.1) is 0 Å². The third-order valence-electron chi connectivity index (χ3n) is 4.21. The zero-order chi connectivity index (χ0) is 20.2. The van der Waals surface area contributed by atoms with Gasteiger partial charge in [0, 0.05) is 0 Å². The lowest BCUT2D eigenvalue weighted by atomic mass is 10.0. The molecule has 0 radical (unpaired) electrons. The highest BCUT2D eigenvalue weighted by molar-refractivity contribution is 5.81. The number of alkyl halides is 3. The molecule has 0 amide bonds. The lowest BCUT2D eigenvalue weighted by molar-refractivity contribution is 0.0768. The Labute approximate surface area is 151 Å². The lowest BCUT2D eigenvalue weighted by Gasteiger charge is -2.07. The second-order valence-electron chi connectivity index (χ2n) is 6.23. The number of aromatic amines is 1. The van der Waals surface area contributed by atoms with Crippen molar-refractivity contribution in [2.45, 2.75) is 24.9 Å². The minimum Gasteiger partial charge on any atom is -0.459 e. The van der Waals surface area contributed by atoms with Gasteiger partial charge in [-0.3, -0.25) is 4.98 Å². The van der Waals surface area contributed by atoms with E-state index in [9.17, 15) is 31.1 Å². The molecule has 1 aliphatic carbocycles. The molecule has 1 aliphatic rings. The molecule has 1 saturated carbocycles. The maximum atomic E-state index is 14.8. The number of nitrogens with one attached hydrogen (secondary N) is 1. The lowest BCUT2D eigenvalue weighted by Crippen LogP contribution is -2.21. The van der Waals surface area contributed by atoms with Crippen LogP contribution in [0.2, 0.25) is 0 Å². The van der Waals surface area contributed by atoms with Gasteiger partial charge in [-0.05, 0) is 30.5 Å². The van der Waals surface area contributed by atoms with E-state index in [1.165, 1.54) is 0 Å². The number of fused-ring (bicyclic) bond motifs is 1. The fourth-order valence-corrected chi connectivity index (χ4v) is 2.76. The third kappa shape index (κ3) is 2.98. The van der Waals surface area contributed by atoms with Gasteiger partial charge in [0.25, 0.3) is 12.4 Å². The summed E-state index contributed by atoms with van der Waals surface area (Å²) in [5.74, 6) is -4.80. The van der Waals surface area contributed by atoms with Gasteiger partial charge in [-0.25, -0.2) is 31.1 Å². The van der Waals surface area contributed by atoms with Crippen LogP contribution in [0.4, 0.5) is 26.3 Å². The van der Waals surface area contributed by atoms with Crippen LogP contribution in [0.15, 0.2) is 16.9 Å². The van der Waals surface area contributed by atoms with Crippen molar-refractivity contribution < 1.29 is 31.1 Å². The van der Waals surface area contributed by atoms with E-state index in [1.807, 2.05) is 4.98 Å².